The third-order valence-corrected chi connectivity index (χ3v) is 3.26. The Morgan fingerprint density at radius 2 is 2.25 bits per heavy atom. The highest BCUT2D eigenvalue weighted by Gasteiger charge is 2.19. The molecule has 0 unspecified atom stereocenters. The Balaban J connectivity index is 2.06. The summed E-state index contributed by atoms with van der Waals surface area (Å²) in [5.41, 5.74) is 0. The summed E-state index contributed by atoms with van der Waals surface area (Å²) in [4.78, 5) is 0.706. The average Bonchev–Trinajstić information content (AvgIpc) is 2.05. The van der Waals surface area contributed by atoms with E-state index in [0.717, 1.165) is 6.61 Å². The molecule has 72 valence electrons. The van der Waals surface area contributed by atoms with E-state index in [1.165, 1.54) is 38.5 Å². The smallest absolute Gasteiger partial charge is 0.0585 e. The second-order valence-corrected chi connectivity index (χ2v) is 4.91. The number of ether oxygens (including phenoxy) is 1. The van der Waals surface area contributed by atoms with Crippen LogP contribution < -0.4 is 0 Å². The Kier molecular flexibility index (Phi) is 5.24. The van der Waals surface area contributed by atoms with Crippen LogP contribution in [0, 0.1) is 0 Å². The molecule has 1 nitrogen and oxygen atoms in total. The van der Waals surface area contributed by atoms with Gasteiger partial charge in [0.05, 0.1) is 6.10 Å². The quantitative estimate of drug-likeness (QED) is 0.535. The fourth-order valence-electron chi connectivity index (χ4n) is 1.66. The first-order valence-corrected chi connectivity index (χ1v) is 6.00. The molecule has 0 saturated carbocycles. The van der Waals surface area contributed by atoms with Crippen molar-refractivity contribution in [2.24, 2.45) is 0 Å². The number of hydrogen-bond acceptors (Lipinski definition) is 1. The van der Waals surface area contributed by atoms with Gasteiger partial charge in [0, 0.05) is 11.4 Å². The third-order valence-electron chi connectivity index (χ3n) is 2.43. The number of rotatable bonds is 4. The molecule has 0 aromatic heterocycles. The zero-order valence-corrected chi connectivity index (χ0v) is 9.48. The zero-order valence-electron chi connectivity index (χ0n) is 7.89. The van der Waals surface area contributed by atoms with Crippen LogP contribution in [0.3, 0.4) is 0 Å². The molecule has 0 N–H and O–H groups in total. The van der Waals surface area contributed by atoms with Crippen LogP contribution in [-0.2, 0) is 4.74 Å². The molecule has 2 heteroatoms. The van der Waals surface area contributed by atoms with Gasteiger partial charge in [0.15, 0.2) is 0 Å². The van der Waals surface area contributed by atoms with Crippen molar-refractivity contribution < 1.29 is 4.74 Å². The molecule has 0 bridgehead atoms. The predicted octanol–water partition coefficient (Wildman–Crippen LogP) is 3.51. The summed E-state index contributed by atoms with van der Waals surface area (Å²) in [7, 11) is 0. The SMILES string of the molecule is CCCCC[C@H]1C[C@@H](Br)CCO1. The van der Waals surface area contributed by atoms with E-state index >= 15 is 0 Å². The lowest BCUT2D eigenvalue weighted by Crippen LogP contribution is -2.25. The van der Waals surface area contributed by atoms with Crippen molar-refractivity contribution in [3.63, 3.8) is 0 Å². The summed E-state index contributed by atoms with van der Waals surface area (Å²) >= 11 is 3.66. The molecule has 1 heterocycles. The molecule has 1 aliphatic rings. The van der Waals surface area contributed by atoms with Crippen molar-refractivity contribution in [2.45, 2.75) is 56.4 Å². The molecule has 0 radical (unpaired) electrons. The molecular weight excluding hydrogens is 216 g/mol. The van der Waals surface area contributed by atoms with Gasteiger partial charge in [-0.1, -0.05) is 42.1 Å². The van der Waals surface area contributed by atoms with Gasteiger partial charge in [-0.05, 0) is 19.3 Å². The van der Waals surface area contributed by atoms with Crippen molar-refractivity contribution in [1.29, 1.82) is 0 Å². The van der Waals surface area contributed by atoms with Crippen LogP contribution in [0.4, 0.5) is 0 Å². The van der Waals surface area contributed by atoms with E-state index in [0.29, 0.717) is 10.9 Å². The predicted molar refractivity (Wildman–Crippen MR) is 55.8 cm³/mol. The maximum absolute atomic E-state index is 5.66. The summed E-state index contributed by atoms with van der Waals surface area (Å²) in [6, 6.07) is 0. The molecule has 12 heavy (non-hydrogen) atoms. The van der Waals surface area contributed by atoms with E-state index in [4.69, 9.17) is 4.74 Å². The Bertz CT molecular complexity index is 116. The average molecular weight is 235 g/mol. The lowest BCUT2D eigenvalue weighted by atomic mass is 10.0. The van der Waals surface area contributed by atoms with Crippen molar-refractivity contribution in [2.75, 3.05) is 6.61 Å². The fourth-order valence-corrected chi connectivity index (χ4v) is 2.26. The Morgan fingerprint density at radius 1 is 1.42 bits per heavy atom. The van der Waals surface area contributed by atoms with Crippen molar-refractivity contribution >= 4 is 15.9 Å². The van der Waals surface area contributed by atoms with Crippen molar-refractivity contribution in [3.8, 4) is 0 Å². The van der Waals surface area contributed by atoms with Gasteiger partial charge < -0.3 is 4.74 Å². The standard InChI is InChI=1S/C10H19BrO/c1-2-3-4-5-10-8-9(11)6-7-12-10/h9-10H,2-8H2,1H3/t9-,10-/m0/s1. The van der Waals surface area contributed by atoms with Gasteiger partial charge in [-0.25, -0.2) is 0 Å². The fraction of sp³-hybridized carbons (Fsp3) is 1.00. The van der Waals surface area contributed by atoms with Gasteiger partial charge in [-0.2, -0.15) is 0 Å². The highest BCUT2D eigenvalue weighted by molar-refractivity contribution is 9.09. The van der Waals surface area contributed by atoms with Gasteiger partial charge >= 0.3 is 0 Å². The molecule has 1 saturated heterocycles. The maximum atomic E-state index is 5.66. The minimum absolute atomic E-state index is 0.537. The molecule has 2 atom stereocenters. The lowest BCUT2D eigenvalue weighted by Gasteiger charge is -2.26. The van der Waals surface area contributed by atoms with Gasteiger partial charge in [0.1, 0.15) is 0 Å². The molecule has 0 amide bonds. The van der Waals surface area contributed by atoms with Crippen LogP contribution in [0.15, 0.2) is 0 Å². The first kappa shape index (κ1) is 10.5. The van der Waals surface area contributed by atoms with E-state index in [9.17, 15) is 0 Å². The summed E-state index contributed by atoms with van der Waals surface area (Å²) in [5.74, 6) is 0. The summed E-state index contributed by atoms with van der Waals surface area (Å²) in [5, 5.41) is 0. The Hall–Kier alpha value is 0.440. The molecule has 1 fully saturated rings. The molecule has 1 aliphatic heterocycles. The minimum atomic E-state index is 0.537. The second-order valence-electron chi connectivity index (χ2n) is 3.61. The minimum Gasteiger partial charge on any atom is -0.378 e. The third kappa shape index (κ3) is 3.90. The van der Waals surface area contributed by atoms with Crippen molar-refractivity contribution in [1.82, 2.24) is 0 Å². The normalized spacial score (nSPS) is 30.5. The topological polar surface area (TPSA) is 9.23 Å². The van der Waals surface area contributed by atoms with Crippen LogP contribution in [-0.4, -0.2) is 17.5 Å². The number of unbranched alkanes of at least 4 members (excludes halogenated alkanes) is 2. The largest absolute Gasteiger partial charge is 0.378 e. The van der Waals surface area contributed by atoms with Crippen LogP contribution in [0.1, 0.15) is 45.4 Å². The number of alkyl halides is 1. The van der Waals surface area contributed by atoms with Crippen LogP contribution in [0.25, 0.3) is 0 Å². The maximum Gasteiger partial charge on any atom is 0.0585 e. The van der Waals surface area contributed by atoms with Crippen LogP contribution >= 0.6 is 15.9 Å². The monoisotopic (exact) mass is 234 g/mol. The molecule has 0 spiro atoms. The molecule has 1 rings (SSSR count). The molecule has 0 aliphatic carbocycles. The van der Waals surface area contributed by atoms with Gasteiger partial charge in [-0.15, -0.1) is 0 Å². The highest BCUT2D eigenvalue weighted by atomic mass is 79.9. The number of halogens is 1. The van der Waals surface area contributed by atoms with Gasteiger partial charge in [0.2, 0.25) is 0 Å². The first-order chi connectivity index (χ1) is 5.83. The number of hydrogen-bond donors (Lipinski definition) is 0. The molecule has 0 aromatic carbocycles. The summed E-state index contributed by atoms with van der Waals surface area (Å²) in [6.07, 6.45) is 8.19. The van der Waals surface area contributed by atoms with E-state index in [1.807, 2.05) is 0 Å². The molecule has 0 aromatic rings. The Labute approximate surface area is 84.0 Å². The van der Waals surface area contributed by atoms with Gasteiger partial charge in [0.25, 0.3) is 0 Å². The van der Waals surface area contributed by atoms with E-state index in [1.54, 1.807) is 0 Å². The Morgan fingerprint density at radius 3 is 2.92 bits per heavy atom. The lowest BCUT2D eigenvalue weighted by molar-refractivity contribution is 0.0134. The molecular formula is C10H19BrO. The van der Waals surface area contributed by atoms with E-state index in [2.05, 4.69) is 22.9 Å². The van der Waals surface area contributed by atoms with E-state index in [-0.39, 0.29) is 0 Å². The van der Waals surface area contributed by atoms with Crippen molar-refractivity contribution in [3.05, 3.63) is 0 Å². The van der Waals surface area contributed by atoms with E-state index < -0.39 is 0 Å². The second kappa shape index (κ2) is 5.98. The summed E-state index contributed by atoms with van der Waals surface area (Å²) < 4.78 is 5.66. The van der Waals surface area contributed by atoms with Crippen LogP contribution in [0.2, 0.25) is 0 Å². The highest BCUT2D eigenvalue weighted by Crippen LogP contribution is 2.23. The van der Waals surface area contributed by atoms with Gasteiger partial charge in [-0.3, -0.25) is 0 Å². The van der Waals surface area contributed by atoms with Crippen LogP contribution in [0.5, 0.6) is 0 Å². The first-order valence-electron chi connectivity index (χ1n) is 5.08. The zero-order chi connectivity index (χ0) is 8.81. The summed E-state index contributed by atoms with van der Waals surface area (Å²) in [6.45, 7) is 3.20.